The van der Waals surface area contributed by atoms with Crippen molar-refractivity contribution < 1.29 is 24.0 Å². The van der Waals surface area contributed by atoms with E-state index in [4.69, 9.17) is 9.47 Å². The lowest BCUT2D eigenvalue weighted by Crippen LogP contribution is -2.37. The Morgan fingerprint density at radius 2 is 2.00 bits per heavy atom. The molecule has 2 amide bonds. The van der Waals surface area contributed by atoms with Crippen LogP contribution in [0.3, 0.4) is 0 Å². The topological polar surface area (TPSA) is 120 Å². The summed E-state index contributed by atoms with van der Waals surface area (Å²) in [6.07, 6.45) is 0. The van der Waals surface area contributed by atoms with Gasteiger partial charge in [0.25, 0.3) is 5.69 Å². The van der Waals surface area contributed by atoms with Crippen LogP contribution in [0, 0.1) is 10.1 Å². The first-order valence-corrected chi connectivity index (χ1v) is 5.90. The van der Waals surface area contributed by atoms with E-state index in [0.717, 1.165) is 6.07 Å². The number of hydrogen-bond donors (Lipinski definition) is 2. The second-order valence-corrected chi connectivity index (χ2v) is 3.84. The molecule has 21 heavy (non-hydrogen) atoms. The Kier molecular flexibility index (Phi) is 6.08. The summed E-state index contributed by atoms with van der Waals surface area (Å²) in [5, 5.41) is 15.3. The van der Waals surface area contributed by atoms with E-state index in [-0.39, 0.29) is 30.3 Å². The fraction of sp³-hybridized carbons (Fsp3) is 0.333. The van der Waals surface area contributed by atoms with Crippen molar-refractivity contribution in [3.63, 3.8) is 0 Å². The third-order valence-corrected chi connectivity index (χ3v) is 2.44. The van der Waals surface area contributed by atoms with Crippen molar-refractivity contribution in [1.29, 1.82) is 0 Å². The quantitative estimate of drug-likeness (QED) is 0.337. The fourth-order valence-corrected chi connectivity index (χ4v) is 1.42. The van der Waals surface area contributed by atoms with Gasteiger partial charge < -0.3 is 20.1 Å². The molecular formula is C12H15N3O6. The van der Waals surface area contributed by atoms with Gasteiger partial charge in [-0.2, -0.15) is 0 Å². The maximum Gasteiger partial charge on any atom is 0.313 e. The molecule has 0 aromatic heterocycles. The third kappa shape index (κ3) is 4.73. The summed E-state index contributed by atoms with van der Waals surface area (Å²) >= 11 is 0. The summed E-state index contributed by atoms with van der Waals surface area (Å²) in [5.41, 5.74) is -0.0237. The van der Waals surface area contributed by atoms with E-state index in [2.05, 4.69) is 10.6 Å². The van der Waals surface area contributed by atoms with Gasteiger partial charge >= 0.3 is 11.8 Å². The minimum Gasteiger partial charge on any atom is -0.494 e. The molecule has 0 aliphatic carbocycles. The molecule has 0 saturated heterocycles. The van der Waals surface area contributed by atoms with E-state index in [9.17, 15) is 19.7 Å². The van der Waals surface area contributed by atoms with Crippen molar-refractivity contribution in [1.82, 2.24) is 5.32 Å². The first-order valence-electron chi connectivity index (χ1n) is 5.90. The van der Waals surface area contributed by atoms with Gasteiger partial charge in [0, 0.05) is 19.7 Å². The van der Waals surface area contributed by atoms with Crippen molar-refractivity contribution in [2.45, 2.75) is 0 Å². The van der Waals surface area contributed by atoms with E-state index in [1.165, 1.54) is 26.4 Å². The van der Waals surface area contributed by atoms with Crippen LogP contribution in [0.1, 0.15) is 0 Å². The van der Waals surface area contributed by atoms with Crippen molar-refractivity contribution in [3.05, 3.63) is 28.3 Å². The summed E-state index contributed by atoms with van der Waals surface area (Å²) in [6.45, 7) is 0.472. The lowest BCUT2D eigenvalue weighted by molar-refractivity contribution is -0.384. The van der Waals surface area contributed by atoms with Crippen LogP contribution in [0.15, 0.2) is 18.2 Å². The Hall–Kier alpha value is -2.68. The number of methoxy groups -OCH3 is 2. The van der Waals surface area contributed by atoms with Gasteiger partial charge in [0.05, 0.1) is 30.4 Å². The molecule has 1 rings (SSSR count). The Morgan fingerprint density at radius 1 is 1.29 bits per heavy atom. The van der Waals surface area contributed by atoms with Gasteiger partial charge in [-0.3, -0.25) is 19.7 Å². The Bertz CT molecular complexity index is 546. The standard InChI is InChI=1S/C12H15N3O6/c1-20-6-5-13-11(16)12(17)14-9-4-3-8(15(18)19)7-10(9)21-2/h3-4,7H,5-6H2,1-2H3,(H,13,16)(H,14,17). The average Bonchev–Trinajstić information content (AvgIpc) is 2.47. The smallest absolute Gasteiger partial charge is 0.313 e. The Labute approximate surface area is 120 Å². The summed E-state index contributed by atoms with van der Waals surface area (Å²) < 4.78 is 9.68. The van der Waals surface area contributed by atoms with Crippen LogP contribution in [-0.4, -0.2) is 44.1 Å². The molecule has 0 unspecified atom stereocenters. The maximum atomic E-state index is 11.6. The average molecular weight is 297 g/mol. The molecule has 0 radical (unpaired) electrons. The molecule has 1 aromatic rings. The minimum atomic E-state index is -0.904. The fourth-order valence-electron chi connectivity index (χ4n) is 1.42. The molecule has 0 heterocycles. The molecule has 2 N–H and O–H groups in total. The molecule has 1 aromatic carbocycles. The van der Waals surface area contributed by atoms with Crippen LogP contribution in [0.25, 0.3) is 0 Å². The van der Waals surface area contributed by atoms with Gasteiger partial charge in [0.1, 0.15) is 5.75 Å². The lowest BCUT2D eigenvalue weighted by atomic mass is 10.2. The molecule has 114 valence electrons. The Balaban J connectivity index is 2.75. The number of nitro groups is 1. The second-order valence-electron chi connectivity index (χ2n) is 3.84. The van der Waals surface area contributed by atoms with Crippen LogP contribution >= 0.6 is 0 Å². The van der Waals surface area contributed by atoms with E-state index in [0.29, 0.717) is 0 Å². The molecule has 0 aliphatic rings. The van der Waals surface area contributed by atoms with Gasteiger partial charge in [-0.25, -0.2) is 0 Å². The van der Waals surface area contributed by atoms with Gasteiger partial charge in [0.15, 0.2) is 0 Å². The second kappa shape index (κ2) is 7.80. The van der Waals surface area contributed by atoms with Gasteiger partial charge in [-0.1, -0.05) is 0 Å². The Morgan fingerprint density at radius 3 is 2.57 bits per heavy atom. The number of nitrogens with zero attached hydrogens (tertiary/aromatic N) is 1. The van der Waals surface area contributed by atoms with Crippen molar-refractivity contribution >= 4 is 23.2 Å². The van der Waals surface area contributed by atoms with Gasteiger partial charge in [0.2, 0.25) is 0 Å². The molecule has 9 heteroatoms. The highest BCUT2D eigenvalue weighted by atomic mass is 16.6. The molecule has 0 bridgehead atoms. The normalized spacial score (nSPS) is 9.81. The van der Waals surface area contributed by atoms with Crippen LogP contribution in [0.2, 0.25) is 0 Å². The summed E-state index contributed by atoms with van der Waals surface area (Å²) in [5.74, 6) is -1.66. The first-order chi connectivity index (χ1) is 9.99. The molecule has 9 nitrogen and oxygen atoms in total. The molecule has 0 saturated carbocycles. The van der Waals surface area contributed by atoms with Crippen molar-refractivity contribution in [2.75, 3.05) is 32.7 Å². The van der Waals surface area contributed by atoms with Crippen LogP contribution in [0.4, 0.5) is 11.4 Å². The van der Waals surface area contributed by atoms with Crippen LogP contribution in [-0.2, 0) is 14.3 Å². The molecule has 0 aliphatic heterocycles. The SMILES string of the molecule is COCCNC(=O)C(=O)Nc1ccc([N+](=O)[O-])cc1OC. The number of hydrogen-bond acceptors (Lipinski definition) is 6. The van der Waals surface area contributed by atoms with Gasteiger partial charge in [-0.05, 0) is 6.07 Å². The number of carbonyl (C=O) groups is 2. The number of carbonyl (C=O) groups excluding carboxylic acids is 2. The van der Waals surface area contributed by atoms with E-state index >= 15 is 0 Å². The highest BCUT2D eigenvalue weighted by Gasteiger charge is 2.17. The van der Waals surface area contributed by atoms with Crippen molar-refractivity contribution in [3.8, 4) is 5.75 Å². The molecule has 0 atom stereocenters. The number of benzene rings is 1. The number of anilines is 1. The zero-order chi connectivity index (χ0) is 15.8. The van der Waals surface area contributed by atoms with Gasteiger partial charge in [-0.15, -0.1) is 0 Å². The number of ether oxygens (including phenoxy) is 2. The lowest BCUT2D eigenvalue weighted by Gasteiger charge is -2.10. The maximum absolute atomic E-state index is 11.6. The zero-order valence-corrected chi connectivity index (χ0v) is 11.5. The van der Waals surface area contributed by atoms with E-state index in [1.807, 2.05) is 0 Å². The summed E-state index contributed by atoms with van der Waals surface area (Å²) in [7, 11) is 2.77. The zero-order valence-electron chi connectivity index (χ0n) is 11.5. The number of nitrogens with one attached hydrogen (secondary N) is 2. The van der Waals surface area contributed by atoms with Crippen LogP contribution in [0.5, 0.6) is 5.75 Å². The van der Waals surface area contributed by atoms with E-state index < -0.39 is 16.7 Å². The third-order valence-electron chi connectivity index (χ3n) is 2.44. The number of non-ortho nitro benzene ring substituents is 1. The largest absolute Gasteiger partial charge is 0.494 e. The molecule has 0 fully saturated rings. The predicted molar refractivity (Wildman–Crippen MR) is 73.2 cm³/mol. The predicted octanol–water partition coefficient (Wildman–Crippen LogP) is 0.304. The van der Waals surface area contributed by atoms with Crippen LogP contribution < -0.4 is 15.4 Å². The molecule has 0 spiro atoms. The number of amides is 2. The number of nitro benzene ring substituents is 1. The monoisotopic (exact) mass is 297 g/mol. The molecular weight excluding hydrogens is 282 g/mol. The van der Waals surface area contributed by atoms with E-state index in [1.54, 1.807) is 0 Å². The van der Waals surface area contributed by atoms with Crippen molar-refractivity contribution in [2.24, 2.45) is 0 Å². The minimum absolute atomic E-state index is 0.0854. The summed E-state index contributed by atoms with van der Waals surface area (Å²) in [4.78, 5) is 33.2. The summed E-state index contributed by atoms with van der Waals surface area (Å²) in [6, 6.07) is 3.64. The highest BCUT2D eigenvalue weighted by Crippen LogP contribution is 2.28. The highest BCUT2D eigenvalue weighted by molar-refractivity contribution is 6.39. The number of rotatable bonds is 6. The first kappa shape index (κ1) is 16.4.